The van der Waals surface area contributed by atoms with Crippen LogP contribution in [0.4, 0.5) is 0 Å². The van der Waals surface area contributed by atoms with Crippen LogP contribution in [0.1, 0.15) is 34.1 Å². The molecule has 0 amide bonds. The molecule has 1 aliphatic heterocycles. The number of rotatable bonds is 2. The van der Waals surface area contributed by atoms with E-state index in [4.69, 9.17) is 4.74 Å². The fourth-order valence-corrected chi connectivity index (χ4v) is 1.60. The van der Waals surface area contributed by atoms with E-state index in [2.05, 4.69) is 20.8 Å². The molecule has 1 saturated heterocycles. The number of aldehydes is 1. The first-order chi connectivity index (χ1) is 5.47. The second-order valence-corrected chi connectivity index (χ2v) is 4.39. The molecule has 0 spiro atoms. The molecule has 0 radical (unpaired) electrons. The van der Waals surface area contributed by atoms with E-state index in [-0.39, 0.29) is 17.6 Å². The molecule has 12 heavy (non-hydrogen) atoms. The molecule has 0 aliphatic carbocycles. The summed E-state index contributed by atoms with van der Waals surface area (Å²) in [6, 6.07) is 0. The Morgan fingerprint density at radius 3 is 2.50 bits per heavy atom. The Labute approximate surface area is 74.3 Å². The van der Waals surface area contributed by atoms with Gasteiger partial charge in [0.05, 0.1) is 11.7 Å². The van der Waals surface area contributed by atoms with Crippen LogP contribution in [0.2, 0.25) is 0 Å². The zero-order valence-electron chi connectivity index (χ0n) is 8.33. The molecule has 0 saturated carbocycles. The monoisotopic (exact) mass is 170 g/mol. The fraction of sp³-hybridized carbons (Fsp3) is 0.900. The van der Waals surface area contributed by atoms with Crippen molar-refractivity contribution in [3.8, 4) is 0 Å². The maximum atomic E-state index is 10.5. The zero-order chi connectivity index (χ0) is 9.35. The van der Waals surface area contributed by atoms with Gasteiger partial charge >= 0.3 is 0 Å². The second-order valence-electron chi connectivity index (χ2n) is 4.39. The molecule has 3 unspecified atom stereocenters. The third-order valence-corrected chi connectivity index (χ3v) is 3.03. The van der Waals surface area contributed by atoms with E-state index in [9.17, 15) is 4.79 Å². The molecule has 70 valence electrons. The van der Waals surface area contributed by atoms with Crippen LogP contribution in [0.3, 0.4) is 0 Å². The highest BCUT2D eigenvalue weighted by Crippen LogP contribution is 2.37. The summed E-state index contributed by atoms with van der Waals surface area (Å²) in [7, 11) is 0. The van der Waals surface area contributed by atoms with Crippen LogP contribution in [0, 0.1) is 11.8 Å². The van der Waals surface area contributed by atoms with Gasteiger partial charge in [0.2, 0.25) is 0 Å². The molecule has 1 heterocycles. The van der Waals surface area contributed by atoms with E-state index in [0.29, 0.717) is 5.92 Å². The largest absolute Gasteiger partial charge is 0.371 e. The predicted octanol–water partition coefficient (Wildman–Crippen LogP) is 2.02. The standard InChI is InChI=1S/C10H18O2/c1-7(6-11)9-5-8(2)10(3,4)12-9/h6-9H,5H2,1-4H3. The third kappa shape index (κ3) is 1.69. The highest BCUT2D eigenvalue weighted by molar-refractivity contribution is 5.53. The highest BCUT2D eigenvalue weighted by Gasteiger charge is 2.40. The first-order valence-electron chi connectivity index (χ1n) is 4.60. The second kappa shape index (κ2) is 3.17. The van der Waals surface area contributed by atoms with E-state index in [1.807, 2.05) is 6.92 Å². The van der Waals surface area contributed by atoms with Crippen LogP contribution in [0.25, 0.3) is 0 Å². The number of hydrogen-bond acceptors (Lipinski definition) is 2. The van der Waals surface area contributed by atoms with Crippen molar-refractivity contribution in [2.24, 2.45) is 11.8 Å². The van der Waals surface area contributed by atoms with Crippen LogP contribution >= 0.6 is 0 Å². The van der Waals surface area contributed by atoms with Crippen LogP contribution in [-0.2, 0) is 9.53 Å². The highest BCUT2D eigenvalue weighted by atomic mass is 16.5. The summed E-state index contributed by atoms with van der Waals surface area (Å²) in [5, 5.41) is 0. The van der Waals surface area contributed by atoms with Gasteiger partial charge in [0.25, 0.3) is 0 Å². The quantitative estimate of drug-likeness (QED) is 0.593. The lowest BCUT2D eigenvalue weighted by molar-refractivity contribution is -0.117. The fourth-order valence-electron chi connectivity index (χ4n) is 1.60. The molecule has 1 rings (SSSR count). The summed E-state index contributed by atoms with van der Waals surface area (Å²) in [6.45, 7) is 8.29. The normalized spacial score (nSPS) is 36.3. The smallest absolute Gasteiger partial charge is 0.125 e. The first kappa shape index (κ1) is 9.72. The van der Waals surface area contributed by atoms with Crippen LogP contribution in [0.15, 0.2) is 0 Å². The van der Waals surface area contributed by atoms with Gasteiger partial charge in [-0.3, -0.25) is 0 Å². The van der Waals surface area contributed by atoms with Crippen molar-refractivity contribution >= 4 is 6.29 Å². The van der Waals surface area contributed by atoms with Crippen molar-refractivity contribution in [2.45, 2.75) is 45.8 Å². The number of carbonyl (C=O) groups excluding carboxylic acids is 1. The summed E-state index contributed by atoms with van der Waals surface area (Å²) >= 11 is 0. The Hall–Kier alpha value is -0.370. The minimum atomic E-state index is -0.0536. The molecule has 1 fully saturated rings. The summed E-state index contributed by atoms with van der Waals surface area (Å²) in [5.74, 6) is 0.583. The zero-order valence-corrected chi connectivity index (χ0v) is 8.33. The van der Waals surface area contributed by atoms with Crippen molar-refractivity contribution in [1.29, 1.82) is 0 Å². The Morgan fingerprint density at radius 2 is 2.17 bits per heavy atom. The van der Waals surface area contributed by atoms with Gasteiger partial charge in [0, 0.05) is 5.92 Å². The Morgan fingerprint density at radius 1 is 1.58 bits per heavy atom. The third-order valence-electron chi connectivity index (χ3n) is 3.03. The molecule has 1 aliphatic rings. The van der Waals surface area contributed by atoms with Crippen LogP contribution in [0.5, 0.6) is 0 Å². The minimum absolute atomic E-state index is 0.0363. The molecule has 2 nitrogen and oxygen atoms in total. The van der Waals surface area contributed by atoms with E-state index in [0.717, 1.165) is 12.7 Å². The predicted molar refractivity (Wildman–Crippen MR) is 48.0 cm³/mol. The summed E-state index contributed by atoms with van der Waals surface area (Å²) in [6.07, 6.45) is 2.12. The van der Waals surface area contributed by atoms with Gasteiger partial charge in [0.1, 0.15) is 6.29 Å². The van der Waals surface area contributed by atoms with Gasteiger partial charge in [-0.05, 0) is 26.2 Å². The molecule has 0 bridgehead atoms. The molecule has 0 N–H and O–H groups in total. The van der Waals surface area contributed by atoms with E-state index < -0.39 is 0 Å². The van der Waals surface area contributed by atoms with Gasteiger partial charge in [-0.25, -0.2) is 0 Å². The lowest BCUT2D eigenvalue weighted by Crippen LogP contribution is -2.27. The van der Waals surface area contributed by atoms with Gasteiger partial charge < -0.3 is 9.53 Å². The van der Waals surface area contributed by atoms with Crippen LogP contribution < -0.4 is 0 Å². The first-order valence-corrected chi connectivity index (χ1v) is 4.60. The SMILES string of the molecule is CC(C=O)C1CC(C)C(C)(C)O1. The molecule has 3 atom stereocenters. The van der Waals surface area contributed by atoms with Crippen molar-refractivity contribution in [3.63, 3.8) is 0 Å². The Bertz CT molecular complexity index is 175. The lowest BCUT2D eigenvalue weighted by Gasteiger charge is -2.23. The summed E-state index contributed by atoms with van der Waals surface area (Å²) < 4.78 is 5.78. The van der Waals surface area contributed by atoms with E-state index >= 15 is 0 Å². The molecule has 2 heteroatoms. The minimum Gasteiger partial charge on any atom is -0.371 e. The average Bonchev–Trinajstić information content (AvgIpc) is 2.25. The van der Waals surface area contributed by atoms with E-state index in [1.165, 1.54) is 0 Å². The Kier molecular flexibility index (Phi) is 2.57. The summed E-state index contributed by atoms with van der Waals surface area (Å²) in [4.78, 5) is 10.5. The van der Waals surface area contributed by atoms with Gasteiger partial charge in [-0.2, -0.15) is 0 Å². The van der Waals surface area contributed by atoms with Gasteiger partial charge in [-0.15, -0.1) is 0 Å². The van der Waals surface area contributed by atoms with Gasteiger partial charge in [-0.1, -0.05) is 13.8 Å². The lowest BCUT2D eigenvalue weighted by atomic mass is 9.90. The van der Waals surface area contributed by atoms with Crippen molar-refractivity contribution in [1.82, 2.24) is 0 Å². The molecular formula is C10H18O2. The maximum absolute atomic E-state index is 10.5. The van der Waals surface area contributed by atoms with Crippen molar-refractivity contribution < 1.29 is 9.53 Å². The van der Waals surface area contributed by atoms with Gasteiger partial charge in [0.15, 0.2) is 0 Å². The topological polar surface area (TPSA) is 26.3 Å². The Balaban J connectivity index is 2.60. The average molecular weight is 170 g/mol. The van der Waals surface area contributed by atoms with E-state index in [1.54, 1.807) is 0 Å². The summed E-state index contributed by atoms with van der Waals surface area (Å²) in [5.41, 5.74) is -0.0536. The van der Waals surface area contributed by atoms with Crippen LogP contribution in [-0.4, -0.2) is 18.0 Å². The van der Waals surface area contributed by atoms with Crippen molar-refractivity contribution in [2.75, 3.05) is 0 Å². The molecule has 0 aromatic carbocycles. The molecule has 0 aromatic rings. The molecular weight excluding hydrogens is 152 g/mol. The van der Waals surface area contributed by atoms with Crippen molar-refractivity contribution in [3.05, 3.63) is 0 Å². The maximum Gasteiger partial charge on any atom is 0.125 e. The number of ether oxygens (including phenoxy) is 1. The number of hydrogen-bond donors (Lipinski definition) is 0. The molecule has 0 aromatic heterocycles. The number of carbonyl (C=O) groups is 1.